The summed E-state index contributed by atoms with van der Waals surface area (Å²) in [6.45, 7) is 1.58. The molecule has 5 heteroatoms. The van der Waals surface area contributed by atoms with Crippen molar-refractivity contribution >= 4 is 5.78 Å². The van der Waals surface area contributed by atoms with Gasteiger partial charge in [-0.15, -0.1) is 0 Å². The molecule has 0 spiro atoms. The number of carbonyl (C=O) groups is 1. The van der Waals surface area contributed by atoms with E-state index < -0.39 is 0 Å². The number of hydrogen-bond acceptors (Lipinski definition) is 5. The molecule has 0 atom stereocenters. The Hall–Kier alpha value is -1.23. The van der Waals surface area contributed by atoms with Gasteiger partial charge in [0.15, 0.2) is 5.82 Å². The van der Waals surface area contributed by atoms with Crippen LogP contribution in [0.1, 0.15) is 25.1 Å². The summed E-state index contributed by atoms with van der Waals surface area (Å²) >= 11 is 0. The molecule has 0 amide bonds. The van der Waals surface area contributed by atoms with Crippen LogP contribution in [0.15, 0.2) is 4.52 Å². The van der Waals surface area contributed by atoms with Crippen LogP contribution >= 0.6 is 0 Å². The standard InChI is InChI=1S/C8H12N2O3/c1-6(12)5-8-9-7(10-13-8)3-2-4-11/h11H,2-5H2,1H3. The van der Waals surface area contributed by atoms with Crippen LogP contribution in [0.4, 0.5) is 0 Å². The van der Waals surface area contributed by atoms with Crippen molar-refractivity contribution in [1.82, 2.24) is 10.1 Å². The topological polar surface area (TPSA) is 76.2 Å². The quantitative estimate of drug-likeness (QED) is 0.703. The fraction of sp³-hybridized carbons (Fsp3) is 0.625. The maximum absolute atomic E-state index is 10.7. The van der Waals surface area contributed by atoms with Gasteiger partial charge in [-0.05, 0) is 13.3 Å². The van der Waals surface area contributed by atoms with Crippen molar-refractivity contribution in [2.75, 3.05) is 6.61 Å². The van der Waals surface area contributed by atoms with Crippen LogP contribution in [0.2, 0.25) is 0 Å². The molecule has 0 aliphatic heterocycles. The fourth-order valence-corrected chi connectivity index (χ4v) is 0.914. The first-order valence-electron chi connectivity index (χ1n) is 4.14. The van der Waals surface area contributed by atoms with Crippen LogP contribution in [-0.4, -0.2) is 27.6 Å². The van der Waals surface area contributed by atoms with E-state index in [1.165, 1.54) is 6.92 Å². The first-order chi connectivity index (χ1) is 6.22. The number of ketones is 1. The predicted octanol–water partition coefficient (Wildman–Crippen LogP) is 0.126. The Balaban J connectivity index is 2.48. The number of aliphatic hydroxyl groups is 1. The molecule has 0 radical (unpaired) electrons. The lowest BCUT2D eigenvalue weighted by molar-refractivity contribution is -0.116. The fourth-order valence-electron chi connectivity index (χ4n) is 0.914. The summed E-state index contributed by atoms with van der Waals surface area (Å²) < 4.78 is 4.81. The minimum absolute atomic E-state index is 0.00245. The third-order valence-corrected chi connectivity index (χ3v) is 1.47. The lowest BCUT2D eigenvalue weighted by atomic mass is 10.3. The van der Waals surface area contributed by atoms with Crippen LogP contribution in [0.5, 0.6) is 0 Å². The second-order valence-corrected chi connectivity index (χ2v) is 2.81. The van der Waals surface area contributed by atoms with Gasteiger partial charge in [-0.25, -0.2) is 0 Å². The first kappa shape index (κ1) is 9.85. The average molecular weight is 184 g/mol. The third-order valence-electron chi connectivity index (χ3n) is 1.47. The second kappa shape index (κ2) is 4.71. The van der Waals surface area contributed by atoms with Gasteiger partial charge < -0.3 is 9.63 Å². The number of nitrogens with zero attached hydrogens (tertiary/aromatic N) is 2. The summed E-state index contributed by atoms with van der Waals surface area (Å²) in [5.41, 5.74) is 0. The summed E-state index contributed by atoms with van der Waals surface area (Å²) in [4.78, 5) is 14.6. The molecule has 72 valence electrons. The van der Waals surface area contributed by atoms with Gasteiger partial charge in [0.25, 0.3) is 0 Å². The van der Waals surface area contributed by atoms with Crippen molar-refractivity contribution in [1.29, 1.82) is 0 Å². The summed E-state index contributed by atoms with van der Waals surface area (Å²) in [5, 5.41) is 12.2. The Bertz CT molecular complexity index is 283. The molecule has 13 heavy (non-hydrogen) atoms. The SMILES string of the molecule is CC(=O)Cc1nc(CCCO)no1. The highest BCUT2D eigenvalue weighted by atomic mass is 16.5. The zero-order chi connectivity index (χ0) is 9.68. The smallest absolute Gasteiger partial charge is 0.234 e. The van der Waals surface area contributed by atoms with E-state index >= 15 is 0 Å². The minimum Gasteiger partial charge on any atom is -0.396 e. The van der Waals surface area contributed by atoms with Crippen molar-refractivity contribution < 1.29 is 14.4 Å². The van der Waals surface area contributed by atoms with Gasteiger partial charge in [0.05, 0.1) is 6.42 Å². The highest BCUT2D eigenvalue weighted by Crippen LogP contribution is 2.01. The maximum Gasteiger partial charge on any atom is 0.234 e. The normalized spacial score (nSPS) is 10.3. The van der Waals surface area contributed by atoms with Gasteiger partial charge in [-0.3, -0.25) is 4.79 Å². The Morgan fingerprint density at radius 1 is 1.62 bits per heavy atom. The molecule has 0 aromatic carbocycles. The minimum atomic E-state index is -0.00245. The molecule has 0 aliphatic rings. The van der Waals surface area contributed by atoms with Gasteiger partial charge in [0.1, 0.15) is 5.78 Å². The molecular weight excluding hydrogens is 172 g/mol. The molecule has 0 saturated carbocycles. The lowest BCUT2D eigenvalue weighted by Crippen LogP contribution is -1.97. The molecule has 0 saturated heterocycles. The molecule has 0 unspecified atom stereocenters. The van der Waals surface area contributed by atoms with Gasteiger partial charge in [0, 0.05) is 13.0 Å². The number of rotatable bonds is 5. The third kappa shape index (κ3) is 3.33. The van der Waals surface area contributed by atoms with Crippen LogP contribution < -0.4 is 0 Å². The largest absolute Gasteiger partial charge is 0.396 e. The predicted molar refractivity (Wildman–Crippen MR) is 44.1 cm³/mol. The second-order valence-electron chi connectivity index (χ2n) is 2.81. The Morgan fingerprint density at radius 2 is 2.38 bits per heavy atom. The highest BCUT2D eigenvalue weighted by Gasteiger charge is 2.07. The first-order valence-corrected chi connectivity index (χ1v) is 4.14. The van der Waals surface area contributed by atoms with Crippen molar-refractivity contribution in [3.8, 4) is 0 Å². The Morgan fingerprint density at radius 3 is 3.00 bits per heavy atom. The maximum atomic E-state index is 10.7. The molecule has 1 rings (SSSR count). The molecule has 0 fully saturated rings. The molecular formula is C8H12N2O3. The monoisotopic (exact) mass is 184 g/mol. The number of aryl methyl sites for hydroxylation is 1. The number of Topliss-reactive ketones (excluding diaryl/α,β-unsaturated/α-hetero) is 1. The Kier molecular flexibility index (Phi) is 3.57. The van der Waals surface area contributed by atoms with E-state index in [4.69, 9.17) is 9.63 Å². The number of aliphatic hydroxyl groups excluding tert-OH is 1. The van der Waals surface area contributed by atoms with Crippen LogP contribution in [0.25, 0.3) is 0 Å². The molecule has 1 aromatic rings. The van der Waals surface area contributed by atoms with E-state index in [1.54, 1.807) is 0 Å². The number of carbonyl (C=O) groups excluding carboxylic acids is 1. The van der Waals surface area contributed by atoms with E-state index in [9.17, 15) is 4.79 Å². The summed E-state index contributed by atoms with van der Waals surface area (Å²) in [5.74, 6) is 0.892. The molecule has 0 bridgehead atoms. The van der Waals surface area contributed by atoms with E-state index in [1.807, 2.05) is 0 Å². The number of aromatic nitrogens is 2. The summed E-state index contributed by atoms with van der Waals surface area (Å²) in [7, 11) is 0. The molecule has 5 nitrogen and oxygen atoms in total. The summed E-state index contributed by atoms with van der Waals surface area (Å²) in [6, 6.07) is 0. The van der Waals surface area contributed by atoms with Crippen molar-refractivity contribution in [3.63, 3.8) is 0 Å². The van der Waals surface area contributed by atoms with E-state index in [-0.39, 0.29) is 18.8 Å². The zero-order valence-corrected chi connectivity index (χ0v) is 7.49. The van der Waals surface area contributed by atoms with Gasteiger partial charge in [-0.1, -0.05) is 5.16 Å². The highest BCUT2D eigenvalue weighted by molar-refractivity contribution is 5.77. The molecule has 0 aliphatic carbocycles. The van der Waals surface area contributed by atoms with Crippen LogP contribution in [-0.2, 0) is 17.6 Å². The lowest BCUT2D eigenvalue weighted by Gasteiger charge is -1.87. The van der Waals surface area contributed by atoms with Crippen molar-refractivity contribution in [2.45, 2.75) is 26.2 Å². The van der Waals surface area contributed by atoms with Crippen LogP contribution in [0, 0.1) is 0 Å². The van der Waals surface area contributed by atoms with E-state index in [2.05, 4.69) is 10.1 Å². The van der Waals surface area contributed by atoms with Gasteiger partial charge >= 0.3 is 0 Å². The Labute approximate surface area is 75.8 Å². The van der Waals surface area contributed by atoms with E-state index in [0.717, 1.165) is 0 Å². The number of hydrogen-bond donors (Lipinski definition) is 1. The molecule has 1 aromatic heterocycles. The van der Waals surface area contributed by atoms with Gasteiger partial charge in [0.2, 0.25) is 5.89 Å². The van der Waals surface area contributed by atoms with Gasteiger partial charge in [-0.2, -0.15) is 4.98 Å². The van der Waals surface area contributed by atoms with Crippen molar-refractivity contribution in [2.24, 2.45) is 0 Å². The zero-order valence-electron chi connectivity index (χ0n) is 7.49. The van der Waals surface area contributed by atoms with E-state index in [0.29, 0.717) is 24.6 Å². The van der Waals surface area contributed by atoms with Crippen LogP contribution in [0.3, 0.4) is 0 Å². The van der Waals surface area contributed by atoms with Crippen molar-refractivity contribution in [3.05, 3.63) is 11.7 Å². The summed E-state index contributed by atoms with van der Waals surface area (Å²) in [6.07, 6.45) is 1.38. The molecule has 1 heterocycles. The molecule has 1 N–H and O–H groups in total. The average Bonchev–Trinajstić information content (AvgIpc) is 2.48.